The van der Waals surface area contributed by atoms with Crippen LogP contribution in [0.2, 0.25) is 5.02 Å². The minimum Gasteiger partial charge on any atom is -0.359 e. The summed E-state index contributed by atoms with van der Waals surface area (Å²) in [4.78, 5) is 13.9. The van der Waals surface area contributed by atoms with Gasteiger partial charge in [-0.3, -0.25) is 9.69 Å². The normalized spacial score (nSPS) is 17.7. The van der Waals surface area contributed by atoms with Gasteiger partial charge < -0.3 is 5.32 Å². The maximum absolute atomic E-state index is 11.5. The molecule has 0 atom stereocenters. The van der Waals surface area contributed by atoms with Gasteiger partial charge in [0.15, 0.2) is 0 Å². The molecule has 3 nitrogen and oxygen atoms in total. The second kappa shape index (κ2) is 6.21. The van der Waals surface area contributed by atoms with Gasteiger partial charge in [-0.05, 0) is 43.6 Å². The van der Waals surface area contributed by atoms with Crippen LogP contribution in [0, 0.1) is 5.92 Å². The molecule has 1 aliphatic rings. The lowest BCUT2D eigenvalue weighted by Gasteiger charge is -2.31. The minimum atomic E-state index is 0.178. The van der Waals surface area contributed by atoms with Gasteiger partial charge in [-0.1, -0.05) is 23.7 Å². The van der Waals surface area contributed by atoms with Crippen LogP contribution in [-0.4, -0.2) is 30.9 Å². The zero-order valence-electron chi connectivity index (χ0n) is 10.7. The Morgan fingerprint density at radius 3 is 2.78 bits per heavy atom. The lowest BCUT2D eigenvalue weighted by molar-refractivity contribution is -0.125. The molecule has 0 aromatic heterocycles. The third-order valence-corrected chi connectivity index (χ3v) is 3.74. The standard InChI is InChI=1S/C14H19ClN2O/c1-16-14(18)12-5-7-17(8-6-12)10-11-3-2-4-13(15)9-11/h2-4,9,12H,5-8,10H2,1H3,(H,16,18). The molecule has 0 spiro atoms. The highest BCUT2D eigenvalue weighted by molar-refractivity contribution is 6.30. The molecule has 2 rings (SSSR count). The first kappa shape index (κ1) is 13.4. The van der Waals surface area contributed by atoms with Crippen LogP contribution in [-0.2, 0) is 11.3 Å². The molecule has 1 amide bonds. The number of rotatable bonds is 3. The van der Waals surface area contributed by atoms with Gasteiger partial charge in [0.25, 0.3) is 0 Å². The Hall–Kier alpha value is -1.06. The van der Waals surface area contributed by atoms with Crippen molar-refractivity contribution in [1.29, 1.82) is 0 Å². The van der Waals surface area contributed by atoms with Crippen molar-refractivity contribution in [2.45, 2.75) is 19.4 Å². The van der Waals surface area contributed by atoms with Gasteiger partial charge in [0.2, 0.25) is 5.91 Å². The van der Waals surface area contributed by atoms with E-state index < -0.39 is 0 Å². The topological polar surface area (TPSA) is 32.3 Å². The van der Waals surface area contributed by atoms with Crippen molar-refractivity contribution < 1.29 is 4.79 Å². The molecule has 0 radical (unpaired) electrons. The van der Waals surface area contributed by atoms with Crippen molar-refractivity contribution >= 4 is 17.5 Å². The number of carbonyl (C=O) groups is 1. The number of likely N-dealkylation sites (tertiary alicyclic amines) is 1. The summed E-state index contributed by atoms with van der Waals surface area (Å²) in [7, 11) is 1.71. The Kier molecular flexibility index (Phi) is 4.61. The van der Waals surface area contributed by atoms with Crippen LogP contribution in [0.4, 0.5) is 0 Å². The first-order valence-corrected chi connectivity index (χ1v) is 6.75. The summed E-state index contributed by atoms with van der Waals surface area (Å²) in [5, 5.41) is 3.52. The fourth-order valence-corrected chi connectivity index (χ4v) is 2.66. The van der Waals surface area contributed by atoms with Crippen molar-refractivity contribution in [2.24, 2.45) is 5.92 Å². The number of hydrogen-bond donors (Lipinski definition) is 1. The highest BCUT2D eigenvalue weighted by Crippen LogP contribution is 2.20. The first-order chi connectivity index (χ1) is 8.69. The van der Waals surface area contributed by atoms with Crippen LogP contribution < -0.4 is 5.32 Å². The molecule has 98 valence electrons. The summed E-state index contributed by atoms with van der Waals surface area (Å²) in [6.45, 7) is 2.87. The predicted molar refractivity (Wildman–Crippen MR) is 73.5 cm³/mol. The zero-order chi connectivity index (χ0) is 13.0. The molecule has 18 heavy (non-hydrogen) atoms. The first-order valence-electron chi connectivity index (χ1n) is 6.37. The molecule has 1 aliphatic heterocycles. The summed E-state index contributed by atoms with van der Waals surface area (Å²) in [5.41, 5.74) is 1.24. The molecule has 1 N–H and O–H groups in total. The highest BCUT2D eigenvalue weighted by atomic mass is 35.5. The molecule has 4 heteroatoms. The van der Waals surface area contributed by atoms with Gasteiger partial charge in [0, 0.05) is 24.5 Å². The molecule has 1 heterocycles. The fourth-order valence-electron chi connectivity index (χ4n) is 2.45. The largest absolute Gasteiger partial charge is 0.359 e. The molecule has 0 bridgehead atoms. The van der Waals surface area contributed by atoms with E-state index in [4.69, 9.17) is 11.6 Å². The molecule has 1 saturated heterocycles. The van der Waals surface area contributed by atoms with Gasteiger partial charge in [0.1, 0.15) is 0 Å². The third kappa shape index (κ3) is 3.47. The van der Waals surface area contributed by atoms with E-state index in [9.17, 15) is 4.79 Å². The Balaban J connectivity index is 1.85. The van der Waals surface area contributed by atoms with Crippen LogP contribution in [0.5, 0.6) is 0 Å². The quantitative estimate of drug-likeness (QED) is 0.911. The van der Waals surface area contributed by atoms with Gasteiger partial charge in [0.05, 0.1) is 0 Å². The van der Waals surface area contributed by atoms with Crippen LogP contribution in [0.25, 0.3) is 0 Å². The van der Waals surface area contributed by atoms with Crippen LogP contribution in [0.15, 0.2) is 24.3 Å². The van der Waals surface area contributed by atoms with Crippen LogP contribution >= 0.6 is 11.6 Å². The van der Waals surface area contributed by atoms with E-state index in [0.717, 1.165) is 37.5 Å². The van der Waals surface area contributed by atoms with Crippen molar-refractivity contribution in [1.82, 2.24) is 10.2 Å². The Morgan fingerprint density at radius 1 is 1.44 bits per heavy atom. The molecule has 1 aromatic carbocycles. The minimum absolute atomic E-state index is 0.178. The third-order valence-electron chi connectivity index (χ3n) is 3.50. The van der Waals surface area contributed by atoms with Crippen LogP contribution in [0.1, 0.15) is 18.4 Å². The number of piperidine rings is 1. The zero-order valence-corrected chi connectivity index (χ0v) is 11.4. The lowest BCUT2D eigenvalue weighted by Crippen LogP contribution is -2.39. The second-order valence-corrected chi connectivity index (χ2v) is 5.23. The fraction of sp³-hybridized carbons (Fsp3) is 0.500. The molecule has 1 fully saturated rings. The summed E-state index contributed by atoms with van der Waals surface area (Å²) in [6, 6.07) is 7.97. The number of nitrogens with one attached hydrogen (secondary N) is 1. The summed E-state index contributed by atoms with van der Waals surface area (Å²) in [5.74, 6) is 0.364. The second-order valence-electron chi connectivity index (χ2n) is 4.79. The highest BCUT2D eigenvalue weighted by Gasteiger charge is 2.23. The monoisotopic (exact) mass is 266 g/mol. The van der Waals surface area contributed by atoms with E-state index in [1.807, 2.05) is 18.2 Å². The average molecular weight is 267 g/mol. The number of benzene rings is 1. The SMILES string of the molecule is CNC(=O)C1CCN(Cc2cccc(Cl)c2)CC1. The molecule has 0 unspecified atom stereocenters. The van der Waals surface area contributed by atoms with Crippen molar-refractivity contribution in [3.63, 3.8) is 0 Å². The van der Waals surface area contributed by atoms with E-state index in [-0.39, 0.29) is 11.8 Å². The van der Waals surface area contributed by atoms with E-state index in [1.165, 1.54) is 5.56 Å². The lowest BCUT2D eigenvalue weighted by atomic mass is 9.95. The molecular formula is C14H19ClN2O. The Labute approximate surface area is 113 Å². The van der Waals surface area contributed by atoms with Crippen molar-refractivity contribution in [3.8, 4) is 0 Å². The van der Waals surface area contributed by atoms with Gasteiger partial charge in [-0.25, -0.2) is 0 Å². The number of amides is 1. The Bertz CT molecular complexity index is 414. The summed E-state index contributed by atoms with van der Waals surface area (Å²) < 4.78 is 0. The summed E-state index contributed by atoms with van der Waals surface area (Å²) in [6.07, 6.45) is 1.89. The number of hydrogen-bond acceptors (Lipinski definition) is 2. The van der Waals surface area contributed by atoms with E-state index in [0.29, 0.717) is 0 Å². The predicted octanol–water partition coefficient (Wildman–Crippen LogP) is 2.30. The number of nitrogens with zero attached hydrogens (tertiary/aromatic N) is 1. The van der Waals surface area contributed by atoms with Crippen molar-refractivity contribution in [3.05, 3.63) is 34.9 Å². The average Bonchev–Trinajstić information content (AvgIpc) is 2.39. The van der Waals surface area contributed by atoms with E-state index in [2.05, 4.69) is 16.3 Å². The van der Waals surface area contributed by atoms with Crippen molar-refractivity contribution in [2.75, 3.05) is 20.1 Å². The van der Waals surface area contributed by atoms with E-state index in [1.54, 1.807) is 7.05 Å². The van der Waals surface area contributed by atoms with Crippen LogP contribution in [0.3, 0.4) is 0 Å². The maximum atomic E-state index is 11.5. The number of halogens is 1. The van der Waals surface area contributed by atoms with Gasteiger partial charge in [-0.2, -0.15) is 0 Å². The molecule has 1 aromatic rings. The Morgan fingerprint density at radius 2 is 2.17 bits per heavy atom. The number of carbonyl (C=O) groups excluding carboxylic acids is 1. The molecular weight excluding hydrogens is 248 g/mol. The van der Waals surface area contributed by atoms with E-state index >= 15 is 0 Å². The molecule has 0 aliphatic carbocycles. The smallest absolute Gasteiger partial charge is 0.222 e. The van der Waals surface area contributed by atoms with Gasteiger partial charge in [-0.15, -0.1) is 0 Å². The maximum Gasteiger partial charge on any atom is 0.222 e. The molecule has 0 saturated carbocycles. The van der Waals surface area contributed by atoms with Gasteiger partial charge >= 0.3 is 0 Å². The summed E-state index contributed by atoms with van der Waals surface area (Å²) >= 11 is 5.97.